The topological polar surface area (TPSA) is 140 Å². The predicted octanol–water partition coefficient (Wildman–Crippen LogP) is 3.80. The van der Waals surface area contributed by atoms with Crippen molar-refractivity contribution in [3.05, 3.63) is 64.3 Å². The van der Waals surface area contributed by atoms with E-state index in [0.717, 1.165) is 29.3 Å². The molecule has 3 saturated heterocycles. The summed E-state index contributed by atoms with van der Waals surface area (Å²) in [6.45, 7) is 3.31. The average molecular weight is 623 g/mol. The van der Waals surface area contributed by atoms with E-state index in [2.05, 4.69) is 17.2 Å². The van der Waals surface area contributed by atoms with Crippen LogP contribution in [0.4, 0.5) is 0 Å². The summed E-state index contributed by atoms with van der Waals surface area (Å²) in [6, 6.07) is 7.64. The lowest BCUT2D eigenvalue weighted by molar-refractivity contribution is -0.149. The lowest BCUT2D eigenvalue weighted by atomic mass is 9.89. The Morgan fingerprint density at radius 1 is 1.09 bits per heavy atom. The van der Waals surface area contributed by atoms with E-state index in [9.17, 15) is 28.7 Å². The van der Waals surface area contributed by atoms with E-state index >= 15 is 0 Å². The lowest BCUT2D eigenvalue weighted by Gasteiger charge is -2.43. The van der Waals surface area contributed by atoms with Crippen molar-refractivity contribution >= 4 is 46.7 Å². The normalized spacial score (nSPS) is 27.2. The van der Waals surface area contributed by atoms with Crippen molar-refractivity contribution < 1.29 is 28.7 Å². The van der Waals surface area contributed by atoms with E-state index < -0.39 is 19.7 Å². The highest BCUT2D eigenvalue weighted by molar-refractivity contribution is 7.50. The number of thiophene rings is 1. The van der Waals surface area contributed by atoms with Crippen molar-refractivity contribution in [1.82, 2.24) is 20.1 Å². The summed E-state index contributed by atoms with van der Waals surface area (Å²) in [7, 11) is -4.21. The van der Waals surface area contributed by atoms with Crippen LogP contribution < -0.4 is 5.32 Å². The summed E-state index contributed by atoms with van der Waals surface area (Å²) in [5.41, 5.74) is 2.84. The molecule has 2 aromatic heterocycles. The zero-order chi connectivity index (χ0) is 30.0. The number of likely N-dealkylation sites (tertiary alicyclic amines) is 1. The van der Waals surface area contributed by atoms with Gasteiger partial charge in [0.1, 0.15) is 12.1 Å². The van der Waals surface area contributed by atoms with E-state index in [-0.39, 0.29) is 35.8 Å². The van der Waals surface area contributed by atoms with Crippen LogP contribution in [0.1, 0.15) is 64.4 Å². The van der Waals surface area contributed by atoms with Crippen molar-refractivity contribution in [1.29, 1.82) is 0 Å². The molecule has 1 saturated carbocycles. The predicted molar refractivity (Wildman–Crippen MR) is 162 cm³/mol. The number of amides is 3. The van der Waals surface area contributed by atoms with Gasteiger partial charge >= 0.3 is 7.60 Å². The van der Waals surface area contributed by atoms with Crippen molar-refractivity contribution in [2.24, 2.45) is 11.8 Å². The summed E-state index contributed by atoms with van der Waals surface area (Å²) in [4.78, 5) is 68.3. The van der Waals surface area contributed by atoms with Crippen LogP contribution in [0.25, 0.3) is 10.1 Å². The van der Waals surface area contributed by atoms with Gasteiger partial charge in [-0.15, -0.1) is 11.3 Å². The van der Waals surface area contributed by atoms with Crippen LogP contribution in [0.5, 0.6) is 0 Å². The number of fused-ring (bicyclic) bond motifs is 3. The standard InChI is InChI=1S/C31H35N4O6PS/c1-17-6-7-32-13-24(17)22-14-34(15-22)31(38)26-4-3-23-10-19-9-20(19)11-25(30(37)35(23)26)33-29(36)28-12-21-8-18(16-42(39,40)41)2-5-27(21)43-28/h2,5-8,12-13,19-20,22-23,25-26H,3-4,9-11,14-16H2,1H3,(H,33,36)(H2,39,40,41)/t19-,20+,23+,25-,26-/m0/s1. The molecule has 3 amide bonds. The molecule has 0 bridgehead atoms. The number of nitrogens with one attached hydrogen (secondary N) is 1. The van der Waals surface area contributed by atoms with Gasteiger partial charge in [0.2, 0.25) is 11.8 Å². The van der Waals surface area contributed by atoms with Gasteiger partial charge in [-0.3, -0.25) is 23.9 Å². The molecule has 5 heterocycles. The average Bonchev–Trinajstić information content (AvgIpc) is 3.29. The van der Waals surface area contributed by atoms with E-state index in [0.29, 0.717) is 48.2 Å². The first kappa shape index (κ1) is 28.6. The van der Waals surface area contributed by atoms with Gasteiger partial charge in [0.25, 0.3) is 5.91 Å². The van der Waals surface area contributed by atoms with E-state index in [4.69, 9.17) is 0 Å². The maximum atomic E-state index is 14.1. The molecule has 0 unspecified atom stereocenters. The third-order valence-corrected chi connectivity index (χ3v) is 11.6. The van der Waals surface area contributed by atoms with Crippen molar-refractivity contribution in [2.75, 3.05) is 13.1 Å². The van der Waals surface area contributed by atoms with Gasteiger partial charge in [0.15, 0.2) is 0 Å². The first-order valence-electron chi connectivity index (χ1n) is 14.9. The summed E-state index contributed by atoms with van der Waals surface area (Å²) in [6.07, 6.45) is 7.29. The molecular weight excluding hydrogens is 587 g/mol. The summed E-state index contributed by atoms with van der Waals surface area (Å²) in [5, 5.41) is 3.74. The Bertz CT molecular complexity index is 1660. The van der Waals surface area contributed by atoms with E-state index in [1.807, 2.05) is 22.1 Å². The lowest BCUT2D eigenvalue weighted by Crippen LogP contribution is -2.59. The molecule has 10 nitrogen and oxygen atoms in total. The van der Waals surface area contributed by atoms with Crippen LogP contribution in [-0.4, -0.2) is 73.5 Å². The number of carbonyl (C=O) groups is 3. The van der Waals surface area contributed by atoms with Gasteiger partial charge in [0, 0.05) is 42.1 Å². The van der Waals surface area contributed by atoms with Crippen LogP contribution in [-0.2, 0) is 20.3 Å². The molecule has 7 rings (SSSR count). The van der Waals surface area contributed by atoms with Crippen LogP contribution in [0, 0.1) is 18.8 Å². The Morgan fingerprint density at radius 2 is 1.88 bits per heavy atom. The minimum Gasteiger partial charge on any atom is -0.340 e. The first-order chi connectivity index (χ1) is 20.5. The minimum atomic E-state index is -4.21. The number of carbonyl (C=O) groups excluding carboxylic acids is 3. The van der Waals surface area contributed by atoms with Crippen molar-refractivity contribution in [3.63, 3.8) is 0 Å². The number of rotatable bonds is 6. The highest BCUT2D eigenvalue weighted by Gasteiger charge is 2.52. The molecule has 12 heteroatoms. The third kappa shape index (κ3) is 5.64. The molecule has 0 radical (unpaired) electrons. The largest absolute Gasteiger partial charge is 0.340 e. The highest BCUT2D eigenvalue weighted by Crippen LogP contribution is 2.50. The number of hydrogen-bond acceptors (Lipinski definition) is 6. The number of pyridine rings is 1. The molecule has 1 aromatic carbocycles. The first-order valence-corrected chi connectivity index (χ1v) is 17.5. The van der Waals surface area contributed by atoms with Gasteiger partial charge in [-0.2, -0.15) is 0 Å². The third-order valence-electron chi connectivity index (χ3n) is 9.73. The zero-order valence-electron chi connectivity index (χ0n) is 23.9. The zero-order valence-corrected chi connectivity index (χ0v) is 25.6. The van der Waals surface area contributed by atoms with Crippen LogP contribution in [0.2, 0.25) is 0 Å². The number of nitrogens with zero attached hydrogens (tertiary/aromatic N) is 3. The Labute approximate surface area is 253 Å². The smallest absolute Gasteiger partial charge is 0.329 e. The highest BCUT2D eigenvalue weighted by atomic mass is 32.1. The molecular formula is C31H35N4O6PS. The molecule has 3 aromatic rings. The maximum absolute atomic E-state index is 14.1. The summed E-state index contributed by atoms with van der Waals surface area (Å²) in [5.74, 6) is 0.679. The number of benzene rings is 1. The number of aromatic nitrogens is 1. The monoisotopic (exact) mass is 622 g/mol. The van der Waals surface area contributed by atoms with Crippen molar-refractivity contribution in [3.8, 4) is 0 Å². The Hall–Kier alpha value is -3.11. The molecule has 3 aliphatic heterocycles. The fourth-order valence-corrected chi connectivity index (χ4v) is 8.99. The summed E-state index contributed by atoms with van der Waals surface area (Å²) >= 11 is 1.28. The fraction of sp³-hybridized carbons (Fsp3) is 0.484. The molecule has 5 atom stereocenters. The fourth-order valence-electron chi connectivity index (χ4n) is 7.37. The SMILES string of the molecule is Cc1ccncc1C1CN(C(=O)[C@@H]2CC[C@@H]3C[C@@H]4C[C@@H]4C[C@H](NC(=O)c4cc5cc(CP(=O)(O)O)ccc5s4)C(=O)N32)C1. The molecule has 43 heavy (non-hydrogen) atoms. The second-order valence-electron chi connectivity index (χ2n) is 12.7. The van der Waals surface area contributed by atoms with E-state index in [1.165, 1.54) is 22.5 Å². The Kier molecular flexibility index (Phi) is 7.20. The van der Waals surface area contributed by atoms with E-state index in [1.54, 1.807) is 30.5 Å². The second kappa shape index (κ2) is 10.8. The summed E-state index contributed by atoms with van der Waals surface area (Å²) < 4.78 is 12.3. The van der Waals surface area contributed by atoms with Gasteiger partial charge in [-0.1, -0.05) is 6.07 Å². The maximum Gasteiger partial charge on any atom is 0.329 e. The number of hydrogen-bond donors (Lipinski definition) is 3. The molecule has 4 fully saturated rings. The van der Waals surface area contributed by atoms with Gasteiger partial charge in [0.05, 0.1) is 11.0 Å². The molecule has 0 spiro atoms. The van der Waals surface area contributed by atoms with Gasteiger partial charge < -0.3 is 24.9 Å². The van der Waals surface area contributed by atoms with Crippen LogP contribution >= 0.6 is 18.9 Å². The van der Waals surface area contributed by atoms with Crippen LogP contribution in [0.3, 0.4) is 0 Å². The molecule has 226 valence electrons. The Balaban J connectivity index is 1.06. The Morgan fingerprint density at radius 3 is 2.65 bits per heavy atom. The second-order valence-corrected chi connectivity index (χ2v) is 15.5. The molecule has 1 aliphatic carbocycles. The minimum absolute atomic E-state index is 0.00209. The molecule has 3 N–H and O–H groups in total. The molecule has 4 aliphatic rings. The van der Waals surface area contributed by atoms with Gasteiger partial charge in [-0.05, 0) is 97.2 Å². The quantitative estimate of drug-likeness (QED) is 0.356. The number of aryl methyl sites for hydroxylation is 1. The van der Waals surface area contributed by atoms with Crippen LogP contribution in [0.15, 0.2) is 42.7 Å². The van der Waals surface area contributed by atoms with Gasteiger partial charge in [-0.25, -0.2) is 0 Å². The van der Waals surface area contributed by atoms with Crippen molar-refractivity contribution in [2.45, 2.75) is 69.2 Å².